The monoisotopic (exact) mass is 310 g/mol. The van der Waals surface area contributed by atoms with E-state index in [2.05, 4.69) is 10.6 Å². The van der Waals surface area contributed by atoms with Gasteiger partial charge in [0.15, 0.2) is 0 Å². The first-order valence-corrected chi connectivity index (χ1v) is 7.04. The van der Waals surface area contributed by atoms with E-state index in [0.717, 1.165) is 12.1 Å². The largest absolute Gasteiger partial charge is 0.501 e. The number of halogens is 3. The molecule has 112 valence electrons. The molecule has 20 heavy (non-hydrogen) atoms. The second-order valence-corrected chi connectivity index (χ2v) is 5.81. The Morgan fingerprint density at radius 3 is 2.30 bits per heavy atom. The third-order valence-corrected chi connectivity index (χ3v) is 3.77. The van der Waals surface area contributed by atoms with Crippen molar-refractivity contribution in [1.82, 2.24) is 0 Å². The van der Waals surface area contributed by atoms with E-state index in [9.17, 15) is 26.4 Å². The van der Waals surface area contributed by atoms with E-state index in [1.165, 1.54) is 13.0 Å². The third-order valence-electron chi connectivity index (χ3n) is 2.28. The van der Waals surface area contributed by atoms with Crippen LogP contribution in [0, 0.1) is 0 Å². The Morgan fingerprint density at radius 2 is 1.85 bits per heavy atom. The first kappa shape index (κ1) is 16.3. The number of rotatable bonds is 4. The van der Waals surface area contributed by atoms with Gasteiger partial charge in [-0.15, -0.1) is 0 Å². The zero-order valence-corrected chi connectivity index (χ0v) is 11.5. The number of sulfone groups is 1. The second-order valence-electron chi connectivity index (χ2n) is 3.87. The van der Waals surface area contributed by atoms with Gasteiger partial charge < -0.3 is 10.6 Å². The summed E-state index contributed by atoms with van der Waals surface area (Å²) in [6.07, 6.45) is 0. The molecule has 0 spiro atoms. The van der Waals surface area contributed by atoms with Gasteiger partial charge in [-0.25, -0.2) is 8.42 Å². The van der Waals surface area contributed by atoms with Crippen molar-refractivity contribution in [3.05, 3.63) is 18.2 Å². The number of amides is 1. The molecule has 0 atom stereocenters. The fourth-order valence-corrected chi connectivity index (χ4v) is 2.25. The van der Waals surface area contributed by atoms with Crippen LogP contribution in [0.25, 0.3) is 0 Å². The van der Waals surface area contributed by atoms with Crippen LogP contribution in [-0.4, -0.2) is 26.4 Å². The quantitative estimate of drug-likeness (QED) is 0.895. The molecule has 5 nitrogen and oxygen atoms in total. The van der Waals surface area contributed by atoms with E-state index >= 15 is 0 Å². The van der Waals surface area contributed by atoms with E-state index in [1.54, 1.807) is 6.92 Å². The Bertz CT molecular complexity index is 612. The summed E-state index contributed by atoms with van der Waals surface area (Å²) >= 11 is 0. The Hall–Kier alpha value is -1.77. The van der Waals surface area contributed by atoms with Crippen molar-refractivity contribution in [3.8, 4) is 0 Å². The molecular formula is C11H13F3N2O3S. The average molecular weight is 310 g/mol. The van der Waals surface area contributed by atoms with Gasteiger partial charge >= 0.3 is 5.51 Å². The first-order chi connectivity index (χ1) is 9.09. The van der Waals surface area contributed by atoms with Gasteiger partial charge in [0.25, 0.3) is 9.84 Å². The van der Waals surface area contributed by atoms with Crippen molar-refractivity contribution in [2.45, 2.75) is 24.3 Å². The maximum Gasteiger partial charge on any atom is 0.501 e. The van der Waals surface area contributed by atoms with Crippen LogP contribution < -0.4 is 10.6 Å². The van der Waals surface area contributed by atoms with Gasteiger partial charge in [0.1, 0.15) is 0 Å². The van der Waals surface area contributed by atoms with Gasteiger partial charge in [0.2, 0.25) is 5.91 Å². The number of hydrogen-bond acceptors (Lipinski definition) is 4. The molecule has 1 aromatic rings. The summed E-state index contributed by atoms with van der Waals surface area (Å²) in [5, 5.41) is 5.10. The normalized spacial score (nSPS) is 12.1. The molecular weight excluding hydrogens is 297 g/mol. The topological polar surface area (TPSA) is 75.3 Å². The van der Waals surface area contributed by atoms with Crippen LogP contribution in [0.1, 0.15) is 13.8 Å². The summed E-state index contributed by atoms with van der Waals surface area (Å²) in [5.41, 5.74) is -5.08. The number of alkyl halides is 3. The van der Waals surface area contributed by atoms with Crippen molar-refractivity contribution < 1.29 is 26.4 Å². The maximum atomic E-state index is 12.5. The van der Waals surface area contributed by atoms with E-state index in [0.29, 0.717) is 12.2 Å². The summed E-state index contributed by atoms with van der Waals surface area (Å²) in [5.74, 6) is -0.522. The molecule has 0 aliphatic rings. The molecule has 0 fully saturated rings. The number of nitrogens with one attached hydrogen (secondary N) is 2. The zero-order chi connectivity index (χ0) is 15.6. The van der Waals surface area contributed by atoms with E-state index in [4.69, 9.17) is 0 Å². The Morgan fingerprint density at radius 1 is 1.25 bits per heavy atom. The van der Waals surface area contributed by atoms with E-state index in [1.807, 2.05) is 0 Å². The molecule has 0 aromatic heterocycles. The summed E-state index contributed by atoms with van der Waals surface area (Å²) in [6.45, 7) is 3.37. The lowest BCUT2D eigenvalue weighted by Crippen LogP contribution is -2.23. The lowest BCUT2D eigenvalue weighted by Gasteiger charge is -2.14. The van der Waals surface area contributed by atoms with Crippen LogP contribution in [0.4, 0.5) is 24.5 Å². The molecule has 0 saturated carbocycles. The molecule has 0 bridgehead atoms. The molecule has 1 aromatic carbocycles. The molecule has 2 N–H and O–H groups in total. The fraction of sp³-hybridized carbons (Fsp3) is 0.364. The highest BCUT2D eigenvalue weighted by molar-refractivity contribution is 7.92. The predicted octanol–water partition coefficient (Wildman–Crippen LogP) is 2.37. The second kappa shape index (κ2) is 5.70. The number of carbonyl (C=O) groups is 1. The van der Waals surface area contributed by atoms with Crippen LogP contribution in [0.5, 0.6) is 0 Å². The van der Waals surface area contributed by atoms with Crippen LogP contribution >= 0.6 is 0 Å². The Kier molecular flexibility index (Phi) is 4.64. The van der Waals surface area contributed by atoms with Crippen LogP contribution in [0.3, 0.4) is 0 Å². The van der Waals surface area contributed by atoms with Gasteiger partial charge in [0.05, 0.1) is 16.3 Å². The summed E-state index contributed by atoms with van der Waals surface area (Å²) in [4.78, 5) is 10.1. The highest BCUT2D eigenvalue weighted by Crippen LogP contribution is 2.33. The summed E-state index contributed by atoms with van der Waals surface area (Å²) in [6, 6.07) is 2.79. The van der Waals surface area contributed by atoms with Gasteiger partial charge in [-0.2, -0.15) is 13.2 Å². The minimum absolute atomic E-state index is 0.0234. The maximum absolute atomic E-state index is 12.5. The molecule has 0 heterocycles. The van der Waals surface area contributed by atoms with Crippen molar-refractivity contribution in [3.63, 3.8) is 0 Å². The average Bonchev–Trinajstić information content (AvgIpc) is 2.29. The minimum atomic E-state index is -5.45. The number of carbonyl (C=O) groups excluding carboxylic acids is 1. The molecule has 0 aliphatic heterocycles. The van der Waals surface area contributed by atoms with Crippen molar-refractivity contribution in [1.29, 1.82) is 0 Å². The lowest BCUT2D eigenvalue weighted by atomic mass is 10.2. The lowest BCUT2D eigenvalue weighted by molar-refractivity contribution is -0.114. The number of benzene rings is 1. The van der Waals surface area contributed by atoms with Gasteiger partial charge in [0, 0.05) is 13.5 Å². The number of anilines is 2. The summed E-state index contributed by atoms with van der Waals surface area (Å²) in [7, 11) is -5.45. The van der Waals surface area contributed by atoms with Gasteiger partial charge in [-0.05, 0) is 25.1 Å². The van der Waals surface area contributed by atoms with Crippen molar-refractivity contribution in [2.75, 3.05) is 17.2 Å². The molecule has 9 heteroatoms. The zero-order valence-electron chi connectivity index (χ0n) is 10.7. The van der Waals surface area contributed by atoms with Gasteiger partial charge in [-0.3, -0.25) is 4.79 Å². The minimum Gasteiger partial charge on any atom is -0.384 e. The Labute approximate surface area is 114 Å². The van der Waals surface area contributed by atoms with E-state index in [-0.39, 0.29) is 5.69 Å². The van der Waals surface area contributed by atoms with Crippen LogP contribution in [-0.2, 0) is 14.6 Å². The highest BCUT2D eigenvalue weighted by Gasteiger charge is 2.47. The van der Waals surface area contributed by atoms with Gasteiger partial charge in [-0.1, -0.05) is 0 Å². The molecule has 1 rings (SSSR count). The smallest absolute Gasteiger partial charge is 0.384 e. The summed E-state index contributed by atoms with van der Waals surface area (Å²) < 4.78 is 60.0. The third kappa shape index (κ3) is 3.41. The van der Waals surface area contributed by atoms with Crippen molar-refractivity contribution in [2.24, 2.45) is 0 Å². The molecule has 0 aliphatic carbocycles. The fourth-order valence-electron chi connectivity index (χ4n) is 1.46. The number of hydrogen-bond donors (Lipinski definition) is 2. The highest BCUT2D eigenvalue weighted by atomic mass is 32.2. The molecule has 1 amide bonds. The molecule has 0 saturated heterocycles. The molecule has 0 radical (unpaired) electrons. The van der Waals surface area contributed by atoms with Crippen LogP contribution in [0.2, 0.25) is 0 Å². The molecule has 0 unspecified atom stereocenters. The van der Waals surface area contributed by atoms with Crippen LogP contribution in [0.15, 0.2) is 23.1 Å². The standard InChI is InChI=1S/C11H13F3N2O3S/c1-3-15-9-5-4-8(6-10(9)16-7(2)17)20(18,19)11(12,13)14/h4-6,15H,3H2,1-2H3,(H,16,17). The van der Waals surface area contributed by atoms with Crippen molar-refractivity contribution >= 4 is 27.1 Å². The SMILES string of the molecule is CCNc1ccc(S(=O)(=O)C(F)(F)F)cc1NC(C)=O. The first-order valence-electron chi connectivity index (χ1n) is 5.56. The predicted molar refractivity (Wildman–Crippen MR) is 68.2 cm³/mol. The Balaban J connectivity index is 3.36. The van der Waals surface area contributed by atoms with E-state index < -0.39 is 26.1 Å².